The summed E-state index contributed by atoms with van der Waals surface area (Å²) in [4.78, 5) is 35.0. The fourth-order valence-corrected chi connectivity index (χ4v) is 2.22. The zero-order chi connectivity index (χ0) is 20.5. The van der Waals surface area contributed by atoms with E-state index in [1.54, 1.807) is 24.3 Å². The van der Waals surface area contributed by atoms with Crippen LogP contribution in [0.4, 0.5) is 5.69 Å². The number of carbonyl (C=O) groups excluding carboxylic acids is 3. The lowest BCUT2D eigenvalue weighted by Gasteiger charge is -2.11. The van der Waals surface area contributed by atoms with Crippen LogP contribution in [0.2, 0.25) is 0 Å². The van der Waals surface area contributed by atoms with Crippen molar-refractivity contribution in [3.63, 3.8) is 0 Å². The quantitative estimate of drug-likeness (QED) is 0.694. The Morgan fingerprint density at radius 2 is 1.64 bits per heavy atom. The SMILES string of the molecule is COC(=O)c1ccc(NC(=O)COC(=O)COc2ccc(C)cc2OC)cc1. The zero-order valence-corrected chi connectivity index (χ0v) is 15.8. The summed E-state index contributed by atoms with van der Waals surface area (Å²) in [5, 5.41) is 2.55. The summed E-state index contributed by atoms with van der Waals surface area (Å²) in [6, 6.07) is 11.4. The number of methoxy groups -OCH3 is 2. The summed E-state index contributed by atoms with van der Waals surface area (Å²) in [6.45, 7) is 1.08. The van der Waals surface area contributed by atoms with Crippen LogP contribution in [0.1, 0.15) is 15.9 Å². The number of aryl methyl sites for hydroxylation is 1. The first-order valence-electron chi connectivity index (χ1n) is 8.34. The Morgan fingerprint density at radius 3 is 2.29 bits per heavy atom. The largest absolute Gasteiger partial charge is 0.493 e. The smallest absolute Gasteiger partial charge is 0.344 e. The lowest BCUT2D eigenvalue weighted by molar-refractivity contribution is -0.149. The second-order valence-corrected chi connectivity index (χ2v) is 5.72. The summed E-state index contributed by atoms with van der Waals surface area (Å²) < 4.78 is 20.0. The Hall–Kier alpha value is -3.55. The van der Waals surface area contributed by atoms with Crippen molar-refractivity contribution in [2.24, 2.45) is 0 Å². The van der Waals surface area contributed by atoms with E-state index in [0.717, 1.165) is 5.56 Å². The van der Waals surface area contributed by atoms with E-state index >= 15 is 0 Å². The molecule has 0 aliphatic rings. The van der Waals surface area contributed by atoms with Crippen molar-refractivity contribution >= 4 is 23.5 Å². The van der Waals surface area contributed by atoms with Crippen LogP contribution in [0, 0.1) is 6.92 Å². The van der Waals surface area contributed by atoms with E-state index in [1.165, 1.54) is 26.4 Å². The number of anilines is 1. The molecule has 0 saturated carbocycles. The third-order valence-corrected chi connectivity index (χ3v) is 3.62. The molecule has 28 heavy (non-hydrogen) atoms. The number of nitrogens with one attached hydrogen (secondary N) is 1. The van der Waals surface area contributed by atoms with Gasteiger partial charge in [-0.15, -0.1) is 0 Å². The van der Waals surface area contributed by atoms with Crippen LogP contribution in [0.3, 0.4) is 0 Å². The number of amides is 1. The average molecular weight is 387 g/mol. The van der Waals surface area contributed by atoms with Gasteiger partial charge in [0.05, 0.1) is 19.8 Å². The highest BCUT2D eigenvalue weighted by Gasteiger charge is 2.12. The van der Waals surface area contributed by atoms with Crippen molar-refractivity contribution in [1.29, 1.82) is 0 Å². The van der Waals surface area contributed by atoms with E-state index in [9.17, 15) is 14.4 Å². The van der Waals surface area contributed by atoms with Crippen LogP contribution < -0.4 is 14.8 Å². The summed E-state index contributed by atoms with van der Waals surface area (Å²) in [7, 11) is 2.78. The van der Waals surface area contributed by atoms with Gasteiger partial charge in [-0.25, -0.2) is 9.59 Å². The minimum atomic E-state index is -0.696. The van der Waals surface area contributed by atoms with E-state index in [0.29, 0.717) is 22.7 Å². The summed E-state index contributed by atoms with van der Waals surface area (Å²) in [5.41, 5.74) is 1.80. The Bertz CT molecular complexity index is 846. The van der Waals surface area contributed by atoms with Gasteiger partial charge in [0.15, 0.2) is 24.7 Å². The van der Waals surface area contributed by atoms with Crippen molar-refractivity contribution in [1.82, 2.24) is 0 Å². The third-order valence-electron chi connectivity index (χ3n) is 3.62. The molecule has 0 fully saturated rings. The molecule has 0 aliphatic heterocycles. The number of ether oxygens (including phenoxy) is 4. The van der Waals surface area contributed by atoms with Crippen LogP contribution in [0.5, 0.6) is 11.5 Å². The molecule has 0 unspecified atom stereocenters. The van der Waals surface area contributed by atoms with E-state index < -0.39 is 24.5 Å². The van der Waals surface area contributed by atoms with Gasteiger partial charge in [-0.05, 0) is 48.9 Å². The monoisotopic (exact) mass is 387 g/mol. The van der Waals surface area contributed by atoms with Gasteiger partial charge < -0.3 is 24.3 Å². The van der Waals surface area contributed by atoms with Gasteiger partial charge in [0.25, 0.3) is 5.91 Å². The first kappa shape index (κ1) is 20.8. The Labute approximate surface area is 162 Å². The minimum Gasteiger partial charge on any atom is -0.493 e. The van der Waals surface area contributed by atoms with E-state index in [-0.39, 0.29) is 6.61 Å². The normalized spacial score (nSPS) is 9.96. The summed E-state index contributed by atoms with van der Waals surface area (Å²) in [6.07, 6.45) is 0. The van der Waals surface area contributed by atoms with Crippen LogP contribution in [-0.2, 0) is 19.1 Å². The van der Waals surface area contributed by atoms with Crippen LogP contribution >= 0.6 is 0 Å². The van der Waals surface area contributed by atoms with Crippen molar-refractivity contribution in [3.05, 3.63) is 53.6 Å². The van der Waals surface area contributed by atoms with Crippen LogP contribution in [-0.4, -0.2) is 45.3 Å². The summed E-state index contributed by atoms with van der Waals surface area (Å²) in [5.74, 6) is -0.788. The molecule has 0 aliphatic carbocycles. The summed E-state index contributed by atoms with van der Waals surface area (Å²) >= 11 is 0. The van der Waals surface area contributed by atoms with Gasteiger partial charge in [-0.2, -0.15) is 0 Å². The second kappa shape index (κ2) is 9.96. The number of hydrogen-bond donors (Lipinski definition) is 1. The van der Waals surface area contributed by atoms with E-state index in [4.69, 9.17) is 14.2 Å². The van der Waals surface area contributed by atoms with Gasteiger partial charge in [0.2, 0.25) is 0 Å². The molecule has 0 bridgehead atoms. The van der Waals surface area contributed by atoms with Gasteiger partial charge >= 0.3 is 11.9 Å². The molecular formula is C20H21NO7. The zero-order valence-electron chi connectivity index (χ0n) is 15.8. The van der Waals surface area contributed by atoms with Crippen molar-refractivity contribution in [3.8, 4) is 11.5 Å². The Balaban J connectivity index is 1.78. The van der Waals surface area contributed by atoms with Gasteiger partial charge in [-0.1, -0.05) is 6.07 Å². The predicted octanol–water partition coefficient (Wildman–Crippen LogP) is 2.35. The molecule has 148 valence electrons. The first-order chi connectivity index (χ1) is 13.4. The fraction of sp³-hybridized carbons (Fsp3) is 0.250. The highest BCUT2D eigenvalue weighted by atomic mass is 16.6. The van der Waals surface area contributed by atoms with E-state index in [2.05, 4.69) is 10.1 Å². The third kappa shape index (κ3) is 6.01. The average Bonchev–Trinajstić information content (AvgIpc) is 2.71. The number of rotatable bonds is 8. The van der Waals surface area contributed by atoms with Crippen LogP contribution in [0.25, 0.3) is 0 Å². The number of carbonyl (C=O) groups is 3. The lowest BCUT2D eigenvalue weighted by atomic mass is 10.2. The van der Waals surface area contributed by atoms with Gasteiger partial charge in [0.1, 0.15) is 0 Å². The van der Waals surface area contributed by atoms with Crippen molar-refractivity contribution in [2.75, 3.05) is 32.8 Å². The van der Waals surface area contributed by atoms with Crippen molar-refractivity contribution < 1.29 is 33.3 Å². The molecule has 8 heteroatoms. The first-order valence-corrected chi connectivity index (χ1v) is 8.34. The van der Waals surface area contributed by atoms with Gasteiger partial charge in [0, 0.05) is 5.69 Å². The minimum absolute atomic E-state index is 0.357. The molecule has 2 aromatic carbocycles. The molecule has 0 aromatic heterocycles. The maximum Gasteiger partial charge on any atom is 0.344 e. The number of esters is 2. The standard InChI is InChI=1S/C20H21NO7/c1-13-4-9-16(17(10-13)25-2)27-12-19(23)28-11-18(22)21-15-7-5-14(6-8-15)20(24)26-3/h4-10H,11-12H2,1-3H3,(H,21,22). The molecule has 0 atom stereocenters. The van der Waals surface area contributed by atoms with Gasteiger partial charge in [-0.3, -0.25) is 4.79 Å². The van der Waals surface area contributed by atoms with Crippen molar-refractivity contribution in [2.45, 2.75) is 6.92 Å². The molecule has 0 spiro atoms. The highest BCUT2D eigenvalue weighted by Crippen LogP contribution is 2.27. The Morgan fingerprint density at radius 1 is 0.929 bits per heavy atom. The molecule has 0 radical (unpaired) electrons. The molecule has 8 nitrogen and oxygen atoms in total. The topological polar surface area (TPSA) is 100 Å². The molecule has 1 N–H and O–H groups in total. The van der Waals surface area contributed by atoms with E-state index in [1.807, 2.05) is 13.0 Å². The highest BCUT2D eigenvalue weighted by molar-refractivity contribution is 5.94. The second-order valence-electron chi connectivity index (χ2n) is 5.72. The molecule has 0 saturated heterocycles. The van der Waals surface area contributed by atoms with Crippen LogP contribution in [0.15, 0.2) is 42.5 Å². The predicted molar refractivity (Wildman–Crippen MR) is 101 cm³/mol. The number of hydrogen-bond acceptors (Lipinski definition) is 7. The number of benzene rings is 2. The molecule has 2 aromatic rings. The molecule has 1 amide bonds. The molecular weight excluding hydrogens is 366 g/mol. The Kier molecular flexibility index (Phi) is 7.38. The maximum atomic E-state index is 11.9. The lowest BCUT2D eigenvalue weighted by Crippen LogP contribution is -2.23. The fourth-order valence-electron chi connectivity index (χ4n) is 2.22. The maximum absolute atomic E-state index is 11.9. The molecule has 0 heterocycles. The molecule has 2 rings (SSSR count).